The molecule has 1 heterocycles. The topological polar surface area (TPSA) is 81.1 Å². The monoisotopic (exact) mass is 242 g/mol. The molecule has 3 N–H and O–H groups in total. The molecular formula is C13H12N3O2. The van der Waals surface area contributed by atoms with Crippen LogP contribution < -0.4 is 5.73 Å². The molecule has 1 radical (unpaired) electrons. The maximum atomic E-state index is 11.3. The minimum Gasteiger partial charge on any atom is -0.390 e. The third kappa shape index (κ3) is 1.52. The van der Waals surface area contributed by atoms with Gasteiger partial charge in [-0.15, -0.1) is 0 Å². The van der Waals surface area contributed by atoms with E-state index < -0.39 is 12.0 Å². The minimum absolute atomic E-state index is 0.121. The van der Waals surface area contributed by atoms with E-state index in [4.69, 9.17) is 5.73 Å². The largest absolute Gasteiger partial charge is 0.390 e. The van der Waals surface area contributed by atoms with Gasteiger partial charge in [-0.2, -0.15) is 0 Å². The van der Waals surface area contributed by atoms with Crippen LogP contribution in [0, 0.1) is 6.20 Å². The number of aromatic nitrogens is 2. The molecule has 91 valence electrons. The lowest BCUT2D eigenvalue weighted by molar-refractivity contribution is 0.0974. The second-order valence-corrected chi connectivity index (χ2v) is 4.38. The number of carbonyl (C=O) groups excluding carboxylic acids is 1. The highest BCUT2D eigenvalue weighted by atomic mass is 16.3. The Labute approximate surface area is 104 Å². The standard InChI is InChI=1S/C13H12N3O2/c14-12(18)13-15-5-6-16(13)11-9-4-2-1-3-8(9)7-10(11)17/h1-4,6,10-11,17H,7H2,(H2,14,18)/t10-,11+/m1/s1. The van der Waals surface area contributed by atoms with Crippen molar-refractivity contribution in [2.45, 2.75) is 18.6 Å². The molecule has 0 spiro atoms. The van der Waals surface area contributed by atoms with Gasteiger partial charge in [0, 0.05) is 12.6 Å². The summed E-state index contributed by atoms with van der Waals surface area (Å²) >= 11 is 0. The molecule has 1 aromatic heterocycles. The van der Waals surface area contributed by atoms with Crippen LogP contribution >= 0.6 is 0 Å². The summed E-state index contributed by atoms with van der Waals surface area (Å²) in [6.45, 7) is 0. The van der Waals surface area contributed by atoms with Crippen LogP contribution in [0.5, 0.6) is 0 Å². The van der Waals surface area contributed by atoms with Crippen LogP contribution in [0.2, 0.25) is 0 Å². The minimum atomic E-state index is -0.618. The maximum Gasteiger partial charge on any atom is 0.284 e. The number of amides is 1. The van der Waals surface area contributed by atoms with Crippen LogP contribution in [0.1, 0.15) is 27.8 Å². The van der Waals surface area contributed by atoms with E-state index in [1.165, 1.54) is 0 Å². The van der Waals surface area contributed by atoms with Crippen molar-refractivity contribution in [1.82, 2.24) is 9.55 Å². The summed E-state index contributed by atoms with van der Waals surface area (Å²) in [7, 11) is 0. The lowest BCUT2D eigenvalue weighted by atomic mass is 10.1. The zero-order valence-electron chi connectivity index (χ0n) is 9.58. The van der Waals surface area contributed by atoms with Crippen molar-refractivity contribution >= 4 is 5.91 Å². The maximum absolute atomic E-state index is 11.3. The van der Waals surface area contributed by atoms with Crippen LogP contribution in [0.3, 0.4) is 0 Å². The normalized spacial score (nSPS) is 21.8. The fourth-order valence-electron chi connectivity index (χ4n) is 2.55. The van der Waals surface area contributed by atoms with Crippen LogP contribution in [0.25, 0.3) is 0 Å². The Morgan fingerprint density at radius 3 is 3.06 bits per heavy atom. The van der Waals surface area contributed by atoms with Gasteiger partial charge in [0.2, 0.25) is 0 Å². The highest BCUT2D eigenvalue weighted by Crippen LogP contribution is 2.34. The van der Waals surface area contributed by atoms with Crippen LogP contribution in [-0.2, 0) is 6.42 Å². The molecular weight excluding hydrogens is 230 g/mol. The second-order valence-electron chi connectivity index (χ2n) is 4.38. The van der Waals surface area contributed by atoms with Crippen molar-refractivity contribution in [3.05, 3.63) is 53.6 Å². The predicted molar refractivity (Wildman–Crippen MR) is 63.9 cm³/mol. The van der Waals surface area contributed by atoms with Gasteiger partial charge in [-0.05, 0) is 11.1 Å². The van der Waals surface area contributed by atoms with Crippen molar-refractivity contribution in [1.29, 1.82) is 0 Å². The van der Waals surface area contributed by atoms with Crippen molar-refractivity contribution in [3.63, 3.8) is 0 Å². The number of nitrogens with zero attached hydrogens (tertiary/aromatic N) is 2. The molecule has 0 fully saturated rings. The van der Waals surface area contributed by atoms with Gasteiger partial charge in [0.25, 0.3) is 5.91 Å². The molecule has 2 aromatic rings. The number of primary amides is 1. The number of aliphatic hydroxyl groups excluding tert-OH is 1. The summed E-state index contributed by atoms with van der Waals surface area (Å²) in [5, 5.41) is 10.2. The summed E-state index contributed by atoms with van der Waals surface area (Å²) in [6, 6.07) is 7.45. The van der Waals surface area contributed by atoms with Gasteiger partial charge >= 0.3 is 0 Å². The predicted octanol–water partition coefficient (Wildman–Crippen LogP) is 0.289. The van der Waals surface area contributed by atoms with E-state index in [0.717, 1.165) is 11.1 Å². The first-order valence-electron chi connectivity index (χ1n) is 5.69. The third-order valence-corrected chi connectivity index (χ3v) is 3.30. The Hall–Kier alpha value is -2.14. The molecule has 1 amide bonds. The molecule has 3 rings (SSSR count). The fraction of sp³-hybridized carbons (Fsp3) is 0.231. The number of hydrogen-bond acceptors (Lipinski definition) is 3. The highest BCUT2D eigenvalue weighted by Gasteiger charge is 2.33. The van der Waals surface area contributed by atoms with E-state index in [1.807, 2.05) is 24.3 Å². The fourth-order valence-corrected chi connectivity index (χ4v) is 2.55. The molecule has 2 atom stereocenters. The van der Waals surface area contributed by atoms with Gasteiger partial charge in [0.15, 0.2) is 5.82 Å². The first-order chi connectivity index (χ1) is 8.68. The Balaban J connectivity index is 2.12. The molecule has 18 heavy (non-hydrogen) atoms. The number of aliphatic hydroxyl groups is 1. The van der Waals surface area contributed by atoms with Crippen molar-refractivity contribution in [2.24, 2.45) is 5.73 Å². The van der Waals surface area contributed by atoms with Crippen LogP contribution in [0.15, 0.2) is 30.5 Å². The van der Waals surface area contributed by atoms with E-state index in [9.17, 15) is 9.90 Å². The molecule has 5 nitrogen and oxygen atoms in total. The van der Waals surface area contributed by atoms with Gasteiger partial charge in [0.05, 0.1) is 12.1 Å². The van der Waals surface area contributed by atoms with Gasteiger partial charge in [-0.1, -0.05) is 24.3 Å². The van der Waals surface area contributed by atoms with E-state index in [0.29, 0.717) is 6.42 Å². The van der Waals surface area contributed by atoms with Gasteiger partial charge in [-0.25, -0.2) is 4.98 Å². The summed E-state index contributed by atoms with van der Waals surface area (Å²) in [5.41, 5.74) is 7.35. The number of rotatable bonds is 2. The molecule has 0 bridgehead atoms. The third-order valence-electron chi connectivity index (χ3n) is 3.30. The van der Waals surface area contributed by atoms with E-state index in [2.05, 4.69) is 11.2 Å². The average Bonchev–Trinajstić information content (AvgIpc) is 2.91. The van der Waals surface area contributed by atoms with Crippen LogP contribution in [-0.4, -0.2) is 26.7 Å². The van der Waals surface area contributed by atoms with E-state index in [-0.39, 0.29) is 11.9 Å². The quantitative estimate of drug-likeness (QED) is 0.794. The first-order valence-corrected chi connectivity index (χ1v) is 5.69. The van der Waals surface area contributed by atoms with Crippen molar-refractivity contribution in [2.75, 3.05) is 0 Å². The summed E-state index contributed by atoms with van der Waals surface area (Å²) in [6.07, 6.45) is 4.15. The number of carbonyl (C=O) groups is 1. The lowest BCUT2D eigenvalue weighted by Crippen LogP contribution is -2.26. The summed E-state index contributed by atoms with van der Waals surface area (Å²) < 4.78 is 1.60. The molecule has 0 unspecified atom stereocenters. The van der Waals surface area contributed by atoms with E-state index >= 15 is 0 Å². The molecule has 1 aromatic carbocycles. The van der Waals surface area contributed by atoms with Crippen molar-refractivity contribution in [3.8, 4) is 0 Å². The lowest BCUT2D eigenvalue weighted by Gasteiger charge is -2.19. The van der Waals surface area contributed by atoms with Crippen molar-refractivity contribution < 1.29 is 9.90 Å². The van der Waals surface area contributed by atoms with Gasteiger partial charge in [0.1, 0.15) is 6.20 Å². The molecule has 1 aliphatic carbocycles. The smallest absolute Gasteiger partial charge is 0.284 e. The van der Waals surface area contributed by atoms with E-state index in [1.54, 1.807) is 10.8 Å². The number of fused-ring (bicyclic) bond motifs is 1. The zero-order valence-corrected chi connectivity index (χ0v) is 9.58. The second kappa shape index (κ2) is 3.96. The zero-order chi connectivity index (χ0) is 12.7. The Kier molecular flexibility index (Phi) is 2.41. The number of hydrogen-bond donors (Lipinski definition) is 2. The molecule has 5 heteroatoms. The molecule has 0 aliphatic heterocycles. The molecule has 0 saturated carbocycles. The SMILES string of the molecule is NC(=O)c1n[c]cn1[C@H]1c2ccccc2C[C@H]1O. The molecule has 0 saturated heterocycles. The summed E-state index contributed by atoms with van der Waals surface area (Å²) in [4.78, 5) is 15.1. The highest BCUT2D eigenvalue weighted by molar-refractivity contribution is 5.89. The summed E-state index contributed by atoms with van der Waals surface area (Å²) in [5.74, 6) is -0.497. The number of nitrogens with two attached hydrogens (primary N) is 1. The number of imidazole rings is 1. The Bertz CT molecular complexity index is 606. The average molecular weight is 242 g/mol. The Morgan fingerprint density at radius 1 is 1.50 bits per heavy atom. The Morgan fingerprint density at radius 2 is 2.28 bits per heavy atom. The van der Waals surface area contributed by atoms with Gasteiger partial charge in [-0.3, -0.25) is 4.79 Å². The molecule has 1 aliphatic rings. The number of benzene rings is 1. The first kappa shape index (κ1) is 11.0. The van der Waals surface area contributed by atoms with Crippen LogP contribution in [0.4, 0.5) is 0 Å². The van der Waals surface area contributed by atoms with Gasteiger partial charge < -0.3 is 15.4 Å².